The molecule has 1 heterocycles. The Kier molecular flexibility index (Phi) is 8.48. The summed E-state index contributed by atoms with van der Waals surface area (Å²) in [6.07, 6.45) is 5.01. The van der Waals surface area contributed by atoms with Crippen molar-refractivity contribution in [3.05, 3.63) is 75.7 Å². The van der Waals surface area contributed by atoms with Gasteiger partial charge in [-0.25, -0.2) is 4.79 Å². The summed E-state index contributed by atoms with van der Waals surface area (Å²) in [6.45, 7) is 3.73. The number of esters is 1. The van der Waals surface area contributed by atoms with E-state index >= 15 is 0 Å². The van der Waals surface area contributed by atoms with Crippen LogP contribution in [0.15, 0.2) is 53.4 Å². The van der Waals surface area contributed by atoms with Gasteiger partial charge in [0.25, 0.3) is 5.91 Å². The maximum Gasteiger partial charge on any atom is 0.341 e. The molecule has 8 heteroatoms. The zero-order valence-electron chi connectivity index (χ0n) is 20.7. The quantitative estimate of drug-likeness (QED) is 0.211. The standard InChI is InChI=1S/C28H30N2O4S2/c1-17-10-7-8-13-21(17)26(32)29-19-11-9-12-20(16-19)35-18(2)25(31)30-27-24(28(33)34-3)22-14-5-4-6-15-23(22)36-27/h7-13,16,18H,4-6,14-15H2,1-3H3,(H,29,32)(H,30,31). The Hall–Kier alpha value is -3.10. The maximum absolute atomic E-state index is 13.1. The van der Waals surface area contributed by atoms with E-state index in [-0.39, 0.29) is 11.8 Å². The van der Waals surface area contributed by atoms with Crippen LogP contribution in [-0.4, -0.2) is 30.1 Å². The minimum Gasteiger partial charge on any atom is -0.465 e. The molecule has 2 amide bonds. The summed E-state index contributed by atoms with van der Waals surface area (Å²) in [5.74, 6) is -0.758. The van der Waals surface area contributed by atoms with Crippen molar-refractivity contribution in [3.8, 4) is 0 Å². The lowest BCUT2D eigenvalue weighted by atomic mass is 10.1. The molecule has 188 valence electrons. The molecule has 6 nitrogen and oxygen atoms in total. The summed E-state index contributed by atoms with van der Waals surface area (Å²) >= 11 is 2.88. The van der Waals surface area contributed by atoms with Crippen molar-refractivity contribution in [2.75, 3.05) is 17.7 Å². The third kappa shape index (κ3) is 5.99. The number of carbonyl (C=O) groups is 3. The first kappa shape index (κ1) is 26.0. The fraction of sp³-hybridized carbons (Fsp3) is 0.321. The van der Waals surface area contributed by atoms with Crippen molar-refractivity contribution < 1.29 is 19.1 Å². The van der Waals surface area contributed by atoms with Crippen LogP contribution < -0.4 is 10.6 Å². The molecule has 36 heavy (non-hydrogen) atoms. The van der Waals surface area contributed by atoms with Gasteiger partial charge in [-0.05, 0) is 74.9 Å². The molecule has 0 radical (unpaired) electrons. The molecule has 4 rings (SSSR count). The first-order chi connectivity index (χ1) is 17.4. The maximum atomic E-state index is 13.1. The van der Waals surface area contributed by atoms with Gasteiger partial charge in [0.05, 0.1) is 17.9 Å². The van der Waals surface area contributed by atoms with E-state index in [1.807, 2.05) is 56.3 Å². The number of carbonyl (C=O) groups excluding carboxylic acids is 3. The predicted molar refractivity (Wildman–Crippen MR) is 146 cm³/mol. The molecule has 1 atom stereocenters. The summed E-state index contributed by atoms with van der Waals surface area (Å²) in [6, 6.07) is 14.9. The van der Waals surface area contributed by atoms with Crippen molar-refractivity contribution in [2.45, 2.75) is 56.1 Å². The molecule has 0 saturated heterocycles. The molecule has 0 bridgehead atoms. The lowest BCUT2D eigenvalue weighted by molar-refractivity contribution is -0.115. The van der Waals surface area contributed by atoms with Crippen LogP contribution in [0.5, 0.6) is 0 Å². The number of anilines is 2. The van der Waals surface area contributed by atoms with E-state index in [9.17, 15) is 14.4 Å². The van der Waals surface area contributed by atoms with E-state index in [1.54, 1.807) is 6.07 Å². The van der Waals surface area contributed by atoms with Gasteiger partial charge in [0.1, 0.15) is 5.00 Å². The number of hydrogen-bond acceptors (Lipinski definition) is 6. The van der Waals surface area contributed by atoms with Gasteiger partial charge in [-0.2, -0.15) is 0 Å². The molecule has 0 saturated carbocycles. The van der Waals surface area contributed by atoms with Crippen molar-refractivity contribution in [1.82, 2.24) is 0 Å². The van der Waals surface area contributed by atoms with E-state index < -0.39 is 11.2 Å². The molecule has 1 aliphatic rings. The van der Waals surface area contributed by atoms with Crippen molar-refractivity contribution >= 4 is 51.6 Å². The number of nitrogens with one attached hydrogen (secondary N) is 2. The zero-order chi connectivity index (χ0) is 25.7. The average Bonchev–Trinajstić information content (AvgIpc) is 3.03. The number of methoxy groups -OCH3 is 1. The van der Waals surface area contributed by atoms with Gasteiger partial charge < -0.3 is 15.4 Å². The highest BCUT2D eigenvalue weighted by Crippen LogP contribution is 2.38. The van der Waals surface area contributed by atoms with Gasteiger partial charge in [0.2, 0.25) is 5.91 Å². The van der Waals surface area contributed by atoms with Crippen molar-refractivity contribution in [3.63, 3.8) is 0 Å². The van der Waals surface area contributed by atoms with E-state index in [2.05, 4.69) is 10.6 Å². The Bertz CT molecular complexity index is 1280. The average molecular weight is 523 g/mol. The lowest BCUT2D eigenvalue weighted by Crippen LogP contribution is -2.23. The second-order valence-corrected chi connectivity index (χ2v) is 11.3. The van der Waals surface area contributed by atoms with Crippen LogP contribution in [0.3, 0.4) is 0 Å². The van der Waals surface area contributed by atoms with Crippen LogP contribution >= 0.6 is 23.1 Å². The minimum absolute atomic E-state index is 0.172. The van der Waals surface area contributed by atoms with Crippen LogP contribution in [0.2, 0.25) is 0 Å². The summed E-state index contributed by atoms with van der Waals surface area (Å²) < 4.78 is 5.04. The Balaban J connectivity index is 1.45. The Morgan fingerprint density at radius 1 is 1.00 bits per heavy atom. The third-order valence-corrected chi connectivity index (χ3v) is 8.51. The third-order valence-electron chi connectivity index (χ3n) is 6.21. The fourth-order valence-electron chi connectivity index (χ4n) is 4.29. The van der Waals surface area contributed by atoms with Gasteiger partial charge in [0, 0.05) is 21.0 Å². The number of benzene rings is 2. The summed E-state index contributed by atoms with van der Waals surface area (Å²) in [5, 5.41) is 6.08. The Morgan fingerprint density at radius 3 is 2.56 bits per heavy atom. The number of rotatable bonds is 7. The van der Waals surface area contributed by atoms with Crippen LogP contribution in [0.4, 0.5) is 10.7 Å². The first-order valence-electron chi connectivity index (χ1n) is 12.0. The molecular weight excluding hydrogens is 492 g/mol. The Labute approximate surface area is 219 Å². The topological polar surface area (TPSA) is 84.5 Å². The molecule has 2 N–H and O–H groups in total. The lowest BCUT2D eigenvalue weighted by Gasteiger charge is -2.14. The van der Waals surface area contributed by atoms with Crippen LogP contribution in [-0.2, 0) is 22.4 Å². The van der Waals surface area contributed by atoms with E-state index in [1.165, 1.54) is 35.1 Å². The minimum atomic E-state index is -0.417. The first-order valence-corrected chi connectivity index (χ1v) is 13.7. The predicted octanol–water partition coefficient (Wildman–Crippen LogP) is 6.48. The number of thioether (sulfide) groups is 1. The summed E-state index contributed by atoms with van der Waals surface area (Å²) in [5.41, 5.74) is 3.72. The van der Waals surface area contributed by atoms with Crippen LogP contribution in [0.1, 0.15) is 62.9 Å². The molecule has 0 fully saturated rings. The monoisotopic (exact) mass is 522 g/mol. The van der Waals surface area contributed by atoms with Crippen molar-refractivity contribution in [1.29, 1.82) is 0 Å². The van der Waals surface area contributed by atoms with Crippen molar-refractivity contribution in [2.24, 2.45) is 0 Å². The summed E-state index contributed by atoms with van der Waals surface area (Å²) in [7, 11) is 1.37. The van der Waals surface area contributed by atoms with Gasteiger partial charge in [0.15, 0.2) is 0 Å². The van der Waals surface area contributed by atoms with Gasteiger partial charge in [-0.3, -0.25) is 9.59 Å². The van der Waals surface area contributed by atoms with Crippen LogP contribution in [0.25, 0.3) is 0 Å². The molecule has 1 unspecified atom stereocenters. The molecule has 0 spiro atoms. The van der Waals surface area contributed by atoms with Crippen LogP contribution in [0, 0.1) is 6.92 Å². The normalized spacial score (nSPS) is 13.8. The molecule has 1 aliphatic carbocycles. The molecule has 3 aromatic rings. The highest BCUT2D eigenvalue weighted by molar-refractivity contribution is 8.00. The highest BCUT2D eigenvalue weighted by Gasteiger charge is 2.27. The van der Waals surface area contributed by atoms with Gasteiger partial charge >= 0.3 is 5.97 Å². The number of hydrogen-bond donors (Lipinski definition) is 2. The highest BCUT2D eigenvalue weighted by atomic mass is 32.2. The fourth-order valence-corrected chi connectivity index (χ4v) is 6.50. The molecular formula is C28H30N2O4S2. The molecule has 2 aromatic carbocycles. The SMILES string of the molecule is COC(=O)c1c(NC(=O)C(C)Sc2cccc(NC(=O)c3ccccc3C)c2)sc2c1CCCCC2. The number of fused-ring (bicyclic) bond motifs is 1. The van der Waals surface area contributed by atoms with Gasteiger partial charge in [-0.15, -0.1) is 23.1 Å². The number of amides is 2. The zero-order valence-corrected chi connectivity index (χ0v) is 22.3. The molecule has 0 aliphatic heterocycles. The van der Waals surface area contributed by atoms with Gasteiger partial charge in [-0.1, -0.05) is 30.7 Å². The number of aryl methyl sites for hydroxylation is 2. The number of thiophene rings is 1. The second kappa shape index (κ2) is 11.8. The Morgan fingerprint density at radius 2 is 1.78 bits per heavy atom. The van der Waals surface area contributed by atoms with E-state index in [0.717, 1.165) is 48.1 Å². The second-order valence-electron chi connectivity index (χ2n) is 8.81. The molecule has 1 aromatic heterocycles. The number of ether oxygens (including phenoxy) is 1. The van der Waals surface area contributed by atoms with E-state index in [0.29, 0.717) is 21.8 Å². The largest absolute Gasteiger partial charge is 0.465 e. The summed E-state index contributed by atoms with van der Waals surface area (Å²) in [4.78, 5) is 40.4. The smallest absolute Gasteiger partial charge is 0.341 e. The van der Waals surface area contributed by atoms with E-state index in [4.69, 9.17) is 4.74 Å².